The predicted octanol–water partition coefficient (Wildman–Crippen LogP) is 5.44. The van der Waals surface area contributed by atoms with Crippen molar-refractivity contribution in [2.75, 3.05) is 26.2 Å². The molecular formula is C51H49N7O11S. The summed E-state index contributed by atoms with van der Waals surface area (Å²) in [4.78, 5) is 61.6. The van der Waals surface area contributed by atoms with Gasteiger partial charge in [0.05, 0.1) is 40.3 Å². The van der Waals surface area contributed by atoms with E-state index in [1.54, 1.807) is 52.8 Å². The van der Waals surface area contributed by atoms with E-state index in [1.807, 2.05) is 32.9 Å². The molecule has 3 aliphatic rings. The number of hydrogen-bond donors (Lipinski definition) is 4. The molecule has 18 nitrogen and oxygen atoms in total. The minimum absolute atomic E-state index is 0.0229. The molecule has 6 heterocycles. The largest absolute Gasteiger partial charge is 0.508 e. The highest BCUT2D eigenvalue weighted by molar-refractivity contribution is 7.87. The highest BCUT2D eigenvalue weighted by atomic mass is 32.2. The van der Waals surface area contributed by atoms with Gasteiger partial charge < -0.3 is 33.7 Å². The summed E-state index contributed by atoms with van der Waals surface area (Å²) in [6, 6.07) is 22.3. The third kappa shape index (κ3) is 7.79. The number of piperazine rings is 1. The fourth-order valence-electron chi connectivity index (χ4n) is 9.79. The Hall–Kier alpha value is -7.61. The van der Waals surface area contributed by atoms with E-state index in [9.17, 15) is 42.9 Å². The van der Waals surface area contributed by atoms with E-state index in [2.05, 4.69) is 15.1 Å². The number of aromatic amines is 1. The Morgan fingerprint density at radius 1 is 0.900 bits per heavy atom. The number of aryl methyl sites for hydroxylation is 1. The second kappa shape index (κ2) is 17.4. The van der Waals surface area contributed by atoms with E-state index < -0.39 is 27.4 Å². The molecule has 360 valence electrons. The van der Waals surface area contributed by atoms with E-state index in [4.69, 9.17) is 13.9 Å². The minimum atomic E-state index is -4.34. The zero-order valence-electron chi connectivity index (χ0n) is 38.7. The molecule has 0 saturated carbocycles. The van der Waals surface area contributed by atoms with Gasteiger partial charge in [0.25, 0.3) is 11.5 Å². The number of fused-ring (bicyclic) bond motifs is 5. The number of nitrogens with one attached hydrogen (secondary N) is 1. The molecule has 4 aromatic carbocycles. The summed E-state index contributed by atoms with van der Waals surface area (Å²) in [5.41, 5.74) is 3.55. The summed E-state index contributed by atoms with van der Waals surface area (Å²) in [5, 5.41) is 39.5. The summed E-state index contributed by atoms with van der Waals surface area (Å²) in [6.07, 6.45) is 0.546. The van der Waals surface area contributed by atoms with Crippen LogP contribution in [0.4, 0.5) is 0 Å². The number of ether oxygens (including phenoxy) is 1. The first-order valence-corrected chi connectivity index (χ1v) is 24.4. The molecule has 3 aliphatic heterocycles. The highest BCUT2D eigenvalue weighted by Gasteiger charge is 2.45. The molecule has 1 unspecified atom stereocenters. The molecule has 1 atom stereocenters. The lowest BCUT2D eigenvalue weighted by Gasteiger charge is -2.34. The molecule has 0 bridgehead atoms. The van der Waals surface area contributed by atoms with E-state index >= 15 is 0 Å². The number of nitrogens with zero attached hydrogens (tertiary/aromatic N) is 6. The van der Waals surface area contributed by atoms with Crippen molar-refractivity contribution in [1.29, 1.82) is 0 Å². The van der Waals surface area contributed by atoms with Crippen molar-refractivity contribution in [1.82, 2.24) is 34.1 Å². The second-order valence-corrected chi connectivity index (χ2v) is 19.7. The lowest BCUT2D eigenvalue weighted by atomic mass is 9.86. The Kier molecular flexibility index (Phi) is 11.5. The number of carbonyl (C=O) groups excluding carboxylic acids is 2. The van der Waals surface area contributed by atoms with Crippen LogP contribution in [-0.2, 0) is 51.4 Å². The Morgan fingerprint density at radius 3 is 2.31 bits per heavy atom. The standard InChI is InChI=1S/C51H49N7O11S/c1-5-34-36-21-32(13-16-41(36)52-45-38(34)26-57-42(45)23-40-39(48(57)62)27-68-49(63)51(40,65)6-2)69-70(66,67)33-14-9-30(10-15-33)47(61)56-19-17-55(18-20-56)25-29-7-11-31(12-8-29)58-46(53-54-50(58)64)37-22-35(28(3)4)43(59)24-44(37)60/h7-16,21-24,28,59-60,65H,5-6,17-20,25-27H2,1-4H3,(H,54,64). The first-order chi connectivity index (χ1) is 33.5. The number of rotatable bonds is 11. The summed E-state index contributed by atoms with van der Waals surface area (Å²) < 4.78 is 41.0. The van der Waals surface area contributed by atoms with Crippen LogP contribution in [0, 0.1) is 0 Å². The van der Waals surface area contributed by atoms with Crippen molar-refractivity contribution in [3.05, 3.63) is 145 Å². The van der Waals surface area contributed by atoms with Gasteiger partial charge in [-0.05, 0) is 102 Å². The van der Waals surface area contributed by atoms with Crippen molar-refractivity contribution in [2.45, 2.75) is 76.6 Å². The third-order valence-corrected chi connectivity index (χ3v) is 14.9. The molecule has 0 aliphatic carbocycles. The van der Waals surface area contributed by atoms with Crippen LogP contribution in [0.2, 0.25) is 0 Å². The molecule has 1 fully saturated rings. The van der Waals surface area contributed by atoms with Gasteiger partial charge in [0, 0.05) is 60.9 Å². The van der Waals surface area contributed by atoms with Crippen LogP contribution in [0.5, 0.6) is 17.2 Å². The molecule has 0 spiro atoms. The number of esters is 1. The topological polar surface area (TPSA) is 239 Å². The maximum atomic E-state index is 13.7. The number of phenolic OH excluding ortho intramolecular Hbond substituents is 2. The Labute approximate surface area is 401 Å². The normalized spacial score (nSPS) is 16.8. The first-order valence-electron chi connectivity index (χ1n) is 23.0. The zero-order chi connectivity index (χ0) is 49.4. The smallest absolute Gasteiger partial charge is 0.348 e. The molecule has 4 N–H and O–H groups in total. The SMILES string of the molecule is CCc1c2c(nc3ccc(OS(=O)(=O)c4ccc(C(=O)N5CCN(Cc6ccc(-n7c(-c8cc(C(C)C)c(O)cc8O)n[nH]c7=O)cc6)CC5)cc4)cc13)-c1cc3c(c(=O)n1C2)COC(=O)C3(O)CC. The number of aliphatic hydroxyl groups is 1. The van der Waals surface area contributed by atoms with Crippen LogP contribution in [0.25, 0.3) is 39.4 Å². The number of H-pyrrole nitrogens is 1. The fraction of sp³-hybridized carbons (Fsp3) is 0.294. The van der Waals surface area contributed by atoms with Crippen LogP contribution >= 0.6 is 0 Å². The number of carbonyl (C=O) groups is 2. The molecule has 10 rings (SSSR count). The summed E-state index contributed by atoms with van der Waals surface area (Å²) in [5.74, 6) is -1.06. The van der Waals surface area contributed by atoms with Crippen LogP contribution in [0.15, 0.2) is 99.4 Å². The molecule has 3 aromatic heterocycles. The van der Waals surface area contributed by atoms with Gasteiger partial charge in [0.15, 0.2) is 11.4 Å². The Balaban J connectivity index is 0.786. The lowest BCUT2D eigenvalue weighted by molar-refractivity contribution is -0.172. The predicted molar refractivity (Wildman–Crippen MR) is 256 cm³/mol. The maximum Gasteiger partial charge on any atom is 0.348 e. The second-order valence-electron chi connectivity index (χ2n) is 18.1. The highest BCUT2D eigenvalue weighted by Crippen LogP contribution is 2.42. The number of aromatic nitrogens is 5. The summed E-state index contributed by atoms with van der Waals surface area (Å²) in [6.45, 7) is 10.0. The van der Waals surface area contributed by atoms with E-state index in [0.29, 0.717) is 83.8 Å². The Bertz CT molecular complexity index is 3520. The van der Waals surface area contributed by atoms with Crippen LogP contribution in [0.1, 0.15) is 83.8 Å². The quantitative estimate of drug-likeness (QED) is 0.0933. The monoisotopic (exact) mass is 967 g/mol. The molecule has 7 aromatic rings. The van der Waals surface area contributed by atoms with Gasteiger partial charge in [0.1, 0.15) is 28.8 Å². The van der Waals surface area contributed by atoms with E-state index in [-0.39, 0.29) is 76.1 Å². The third-order valence-electron chi connectivity index (χ3n) is 13.7. The number of phenols is 2. The molecular weight excluding hydrogens is 919 g/mol. The molecule has 19 heteroatoms. The van der Waals surface area contributed by atoms with Crippen molar-refractivity contribution >= 4 is 32.9 Å². The number of pyridine rings is 2. The first kappa shape index (κ1) is 46.1. The number of cyclic esters (lactones) is 1. The van der Waals surface area contributed by atoms with Gasteiger partial charge in [-0.3, -0.25) is 14.5 Å². The van der Waals surface area contributed by atoms with Crippen LogP contribution in [-0.4, -0.2) is 95.9 Å². The molecule has 70 heavy (non-hydrogen) atoms. The van der Waals surface area contributed by atoms with E-state index in [1.165, 1.54) is 41.0 Å². The number of amides is 1. The van der Waals surface area contributed by atoms with Gasteiger partial charge in [0.2, 0.25) is 0 Å². The van der Waals surface area contributed by atoms with Crippen molar-refractivity contribution in [3.63, 3.8) is 0 Å². The van der Waals surface area contributed by atoms with Gasteiger partial charge in [-0.25, -0.2) is 24.2 Å². The average molecular weight is 968 g/mol. The fourth-order valence-corrected chi connectivity index (χ4v) is 10.7. The zero-order valence-corrected chi connectivity index (χ0v) is 39.5. The minimum Gasteiger partial charge on any atom is -0.508 e. The lowest BCUT2D eigenvalue weighted by Crippen LogP contribution is -2.48. The summed E-state index contributed by atoms with van der Waals surface area (Å²) in [7, 11) is -4.34. The number of benzene rings is 4. The maximum absolute atomic E-state index is 13.7. The van der Waals surface area contributed by atoms with Crippen LogP contribution < -0.4 is 15.4 Å². The van der Waals surface area contributed by atoms with Gasteiger partial charge in [-0.15, -0.1) is 0 Å². The van der Waals surface area contributed by atoms with Crippen molar-refractivity contribution in [2.24, 2.45) is 0 Å². The summed E-state index contributed by atoms with van der Waals surface area (Å²) >= 11 is 0. The van der Waals surface area contributed by atoms with Crippen molar-refractivity contribution < 1.29 is 42.2 Å². The number of hydrogen-bond acceptors (Lipinski definition) is 14. The van der Waals surface area contributed by atoms with Crippen LogP contribution in [0.3, 0.4) is 0 Å². The number of aromatic hydroxyl groups is 2. The molecule has 1 amide bonds. The van der Waals surface area contributed by atoms with Crippen molar-refractivity contribution in [3.8, 4) is 45.7 Å². The van der Waals surface area contributed by atoms with Gasteiger partial charge in [-0.2, -0.15) is 13.5 Å². The van der Waals surface area contributed by atoms with E-state index in [0.717, 1.165) is 16.7 Å². The van der Waals surface area contributed by atoms with Gasteiger partial charge >= 0.3 is 21.8 Å². The molecule has 1 saturated heterocycles. The average Bonchev–Trinajstić information content (AvgIpc) is 3.92. The van der Waals surface area contributed by atoms with Gasteiger partial charge in [-0.1, -0.05) is 39.8 Å². The molecule has 0 radical (unpaired) electrons. The Morgan fingerprint density at radius 2 is 1.63 bits per heavy atom.